The van der Waals surface area contributed by atoms with Gasteiger partial charge in [0.1, 0.15) is 0 Å². The molecule has 17 heavy (non-hydrogen) atoms. The van der Waals surface area contributed by atoms with Gasteiger partial charge in [-0.15, -0.1) is 0 Å². The molecule has 0 saturated heterocycles. The van der Waals surface area contributed by atoms with Crippen molar-refractivity contribution in [2.45, 2.75) is 37.9 Å². The Hall–Kier alpha value is -0.330. The molecule has 1 unspecified atom stereocenters. The van der Waals surface area contributed by atoms with E-state index >= 15 is 0 Å². The summed E-state index contributed by atoms with van der Waals surface area (Å²) < 4.78 is 41.2. The molecule has 0 radical (unpaired) electrons. The van der Waals surface area contributed by atoms with Crippen LogP contribution in [0.5, 0.6) is 0 Å². The molecule has 0 aromatic carbocycles. The fraction of sp³-hybridized carbons (Fsp3) is 1.00. The highest BCUT2D eigenvalue weighted by Gasteiger charge is 2.31. The molecule has 6 heteroatoms. The number of methoxy groups -OCH3 is 1. The van der Waals surface area contributed by atoms with E-state index in [-0.39, 0.29) is 6.42 Å². The summed E-state index contributed by atoms with van der Waals surface area (Å²) in [6.07, 6.45) is -4.29. The molecule has 0 aliphatic heterocycles. The van der Waals surface area contributed by atoms with Crippen LogP contribution in [0.15, 0.2) is 0 Å². The second-order valence-corrected chi connectivity index (χ2v) is 4.58. The van der Waals surface area contributed by atoms with Gasteiger partial charge in [0.2, 0.25) is 0 Å². The smallest absolute Gasteiger partial charge is 0.383 e. The first kappa shape index (κ1) is 16.7. The Morgan fingerprint density at radius 2 is 1.82 bits per heavy atom. The van der Waals surface area contributed by atoms with Crippen LogP contribution in [0, 0.1) is 0 Å². The van der Waals surface area contributed by atoms with Gasteiger partial charge in [0.25, 0.3) is 0 Å². The maximum absolute atomic E-state index is 12.1. The highest BCUT2D eigenvalue weighted by Crippen LogP contribution is 2.26. The fourth-order valence-corrected chi connectivity index (χ4v) is 1.62. The van der Waals surface area contributed by atoms with Gasteiger partial charge in [0.05, 0.1) is 6.61 Å². The Morgan fingerprint density at radius 3 is 2.24 bits per heavy atom. The van der Waals surface area contributed by atoms with Crippen LogP contribution in [0.25, 0.3) is 0 Å². The molecule has 0 aliphatic rings. The van der Waals surface area contributed by atoms with Crippen molar-refractivity contribution in [1.29, 1.82) is 0 Å². The van der Waals surface area contributed by atoms with Gasteiger partial charge in [-0.1, -0.05) is 0 Å². The molecule has 0 bridgehead atoms. The molecule has 3 nitrogen and oxygen atoms in total. The number of hydrogen-bond donors (Lipinski definition) is 1. The molecule has 0 heterocycles. The van der Waals surface area contributed by atoms with Crippen LogP contribution in [-0.2, 0) is 4.74 Å². The molecule has 0 rings (SSSR count). The van der Waals surface area contributed by atoms with E-state index < -0.39 is 18.1 Å². The molecule has 0 saturated carbocycles. The van der Waals surface area contributed by atoms with Gasteiger partial charge in [-0.3, -0.25) is 4.90 Å². The summed E-state index contributed by atoms with van der Waals surface area (Å²) in [5.41, 5.74) is 5.27. The zero-order chi connectivity index (χ0) is 13.5. The third kappa shape index (κ3) is 6.85. The van der Waals surface area contributed by atoms with E-state index in [1.807, 2.05) is 18.9 Å². The predicted molar refractivity (Wildman–Crippen MR) is 61.9 cm³/mol. The quantitative estimate of drug-likeness (QED) is 0.722. The van der Waals surface area contributed by atoms with Crippen LogP contribution in [0.1, 0.15) is 26.2 Å². The summed E-state index contributed by atoms with van der Waals surface area (Å²) in [7, 11) is 3.46. The molecular weight excluding hydrogens is 233 g/mol. The minimum atomic E-state index is -4.08. The molecule has 0 amide bonds. The van der Waals surface area contributed by atoms with Crippen LogP contribution in [0.3, 0.4) is 0 Å². The summed E-state index contributed by atoms with van der Waals surface area (Å²) in [6.45, 7) is 3.44. The van der Waals surface area contributed by atoms with Crippen molar-refractivity contribution in [2.24, 2.45) is 5.73 Å². The third-order valence-corrected chi connectivity index (χ3v) is 3.17. The number of nitrogens with zero attached hydrogens (tertiary/aromatic N) is 1. The van der Waals surface area contributed by atoms with Crippen LogP contribution >= 0.6 is 0 Å². The van der Waals surface area contributed by atoms with E-state index in [0.29, 0.717) is 26.1 Å². The Morgan fingerprint density at radius 1 is 1.24 bits per heavy atom. The first-order chi connectivity index (χ1) is 7.75. The zero-order valence-electron chi connectivity index (χ0n) is 10.8. The lowest BCUT2D eigenvalue weighted by atomic mass is 9.93. The minimum absolute atomic E-state index is 0.106. The monoisotopic (exact) mass is 256 g/mol. The largest absolute Gasteiger partial charge is 0.389 e. The molecule has 0 aromatic rings. The summed E-state index contributed by atoms with van der Waals surface area (Å²) in [4.78, 5) is 1.97. The van der Waals surface area contributed by atoms with E-state index in [9.17, 15) is 13.2 Å². The Kier molecular flexibility index (Phi) is 7.04. The van der Waals surface area contributed by atoms with Crippen LogP contribution in [0.4, 0.5) is 13.2 Å². The lowest BCUT2D eigenvalue weighted by Crippen LogP contribution is -2.50. The molecule has 2 N–H and O–H groups in total. The van der Waals surface area contributed by atoms with Gasteiger partial charge < -0.3 is 10.5 Å². The minimum Gasteiger partial charge on any atom is -0.383 e. The number of ether oxygens (including phenoxy) is 1. The number of hydrogen-bond acceptors (Lipinski definition) is 3. The zero-order valence-corrected chi connectivity index (χ0v) is 10.8. The molecule has 1 atom stereocenters. The number of likely N-dealkylation sites (N-methyl/N-ethyl adjacent to an activating group) is 1. The van der Waals surface area contributed by atoms with Crippen LogP contribution in [0.2, 0.25) is 0 Å². The van der Waals surface area contributed by atoms with Crippen molar-refractivity contribution in [3.63, 3.8) is 0 Å². The van der Waals surface area contributed by atoms with Gasteiger partial charge in [-0.2, -0.15) is 13.2 Å². The predicted octanol–water partition coefficient (Wildman–Crippen LogP) is 2.01. The van der Waals surface area contributed by atoms with Gasteiger partial charge in [-0.25, -0.2) is 0 Å². The first-order valence-electron chi connectivity index (χ1n) is 5.72. The van der Waals surface area contributed by atoms with Crippen molar-refractivity contribution in [2.75, 3.05) is 33.9 Å². The normalized spacial score (nSPS) is 16.2. The number of rotatable bonds is 8. The van der Waals surface area contributed by atoms with Crippen LogP contribution in [-0.4, -0.2) is 50.5 Å². The average Bonchev–Trinajstić information content (AvgIpc) is 2.23. The molecule has 0 fully saturated rings. The molecule has 0 spiro atoms. The van der Waals surface area contributed by atoms with Gasteiger partial charge in [0.15, 0.2) is 0 Å². The summed E-state index contributed by atoms with van der Waals surface area (Å²) in [5, 5.41) is 0. The van der Waals surface area contributed by atoms with E-state index in [2.05, 4.69) is 0 Å². The topological polar surface area (TPSA) is 38.5 Å². The number of halogens is 3. The fourth-order valence-electron chi connectivity index (χ4n) is 1.62. The second kappa shape index (κ2) is 7.18. The number of alkyl halides is 3. The SMILES string of the molecule is COCCN(C)C(C)(CN)CCCC(F)(F)F. The highest BCUT2D eigenvalue weighted by molar-refractivity contribution is 4.85. The maximum Gasteiger partial charge on any atom is 0.389 e. The Balaban J connectivity index is 4.17. The van der Waals surface area contributed by atoms with Crippen LogP contribution < -0.4 is 5.73 Å². The number of nitrogens with two attached hydrogens (primary N) is 1. The van der Waals surface area contributed by atoms with E-state index in [1.54, 1.807) is 7.11 Å². The lowest BCUT2D eigenvalue weighted by Gasteiger charge is -2.38. The Labute approximate surface area is 101 Å². The van der Waals surface area contributed by atoms with Gasteiger partial charge in [-0.05, 0) is 26.8 Å². The highest BCUT2D eigenvalue weighted by atomic mass is 19.4. The standard InChI is InChI=1S/C11H23F3N2O/c1-10(9-15,16(2)7-8-17-3)5-4-6-11(12,13)14/h4-9,15H2,1-3H3. The van der Waals surface area contributed by atoms with Crippen molar-refractivity contribution in [3.8, 4) is 0 Å². The van der Waals surface area contributed by atoms with Crippen molar-refractivity contribution in [3.05, 3.63) is 0 Å². The Bertz CT molecular complexity index is 211. The van der Waals surface area contributed by atoms with E-state index in [4.69, 9.17) is 10.5 Å². The lowest BCUT2D eigenvalue weighted by molar-refractivity contribution is -0.136. The third-order valence-electron chi connectivity index (χ3n) is 3.17. The average molecular weight is 256 g/mol. The van der Waals surface area contributed by atoms with E-state index in [1.165, 1.54) is 0 Å². The second-order valence-electron chi connectivity index (χ2n) is 4.58. The van der Waals surface area contributed by atoms with Crippen molar-refractivity contribution < 1.29 is 17.9 Å². The van der Waals surface area contributed by atoms with Gasteiger partial charge in [0, 0.05) is 32.2 Å². The summed E-state index contributed by atoms with van der Waals surface area (Å²) in [6, 6.07) is 0. The first-order valence-corrected chi connectivity index (χ1v) is 5.72. The van der Waals surface area contributed by atoms with E-state index in [0.717, 1.165) is 0 Å². The molecule has 0 aromatic heterocycles. The van der Waals surface area contributed by atoms with Crippen molar-refractivity contribution >= 4 is 0 Å². The summed E-state index contributed by atoms with van der Waals surface area (Å²) >= 11 is 0. The molecule has 104 valence electrons. The van der Waals surface area contributed by atoms with Crippen molar-refractivity contribution in [1.82, 2.24) is 4.90 Å². The van der Waals surface area contributed by atoms with Gasteiger partial charge >= 0.3 is 6.18 Å². The molecular formula is C11H23F3N2O. The molecule has 0 aliphatic carbocycles. The maximum atomic E-state index is 12.1. The summed E-state index contributed by atoms with van der Waals surface area (Å²) in [5.74, 6) is 0.